The molecule has 0 aliphatic rings. The van der Waals surface area contributed by atoms with Gasteiger partial charge in [-0.1, -0.05) is 0 Å². The zero-order chi connectivity index (χ0) is 4.83. The molecule has 1 heteroatoms. The van der Waals surface area contributed by atoms with Crippen LogP contribution >= 0.6 is 0 Å². The molecule has 0 rings (SSSR count). The second kappa shape index (κ2) is 9.68. The summed E-state index contributed by atoms with van der Waals surface area (Å²) in [6.07, 6.45) is 6.02. The minimum atomic E-state index is 0. The van der Waals surface area contributed by atoms with Crippen LogP contribution in [0.4, 0.5) is 0 Å². The third-order valence-electron chi connectivity index (χ3n) is 0.439. The molecular formula is C6H8Y-2. The Bertz CT molecular complexity index is 55.2. The van der Waals surface area contributed by atoms with E-state index in [0.29, 0.717) is 0 Å². The average Bonchev–Trinajstić information content (AvgIpc) is 1.61. The molecule has 0 aliphatic carbocycles. The molecule has 0 heterocycles. The van der Waals surface area contributed by atoms with Gasteiger partial charge in [0.25, 0.3) is 0 Å². The molecule has 0 unspecified atom stereocenters. The molecule has 0 bridgehead atoms. The van der Waals surface area contributed by atoms with Crippen molar-refractivity contribution >= 4 is 0 Å². The second-order valence-corrected chi connectivity index (χ2v) is 0.943. The maximum atomic E-state index is 5.01. The van der Waals surface area contributed by atoms with Gasteiger partial charge in [0.05, 0.1) is 0 Å². The fourth-order valence-corrected chi connectivity index (χ4v) is 0.175. The summed E-state index contributed by atoms with van der Waals surface area (Å²) < 4.78 is 0. The van der Waals surface area contributed by atoms with Crippen LogP contribution in [0.15, 0.2) is 18.2 Å². The van der Waals surface area contributed by atoms with E-state index in [0.717, 1.165) is 6.42 Å². The van der Waals surface area contributed by atoms with E-state index < -0.39 is 0 Å². The Morgan fingerprint density at radius 1 is 1.57 bits per heavy atom. The Morgan fingerprint density at radius 2 is 2.14 bits per heavy atom. The van der Waals surface area contributed by atoms with Crippen LogP contribution in [0.1, 0.15) is 6.42 Å². The summed E-state index contributed by atoms with van der Waals surface area (Å²) in [7, 11) is 0. The summed E-state index contributed by atoms with van der Waals surface area (Å²) in [5.74, 6) is 0. The molecule has 0 N–H and O–H groups in total. The van der Waals surface area contributed by atoms with E-state index >= 15 is 0 Å². The number of hydrogen-bond acceptors (Lipinski definition) is 0. The van der Waals surface area contributed by atoms with E-state index in [1.807, 2.05) is 6.08 Å². The number of hydrogen-bond donors (Lipinski definition) is 0. The van der Waals surface area contributed by atoms with Crippen molar-refractivity contribution in [2.45, 2.75) is 6.42 Å². The minimum absolute atomic E-state index is 0. The van der Waals surface area contributed by atoms with Crippen molar-refractivity contribution in [3.05, 3.63) is 31.7 Å². The Morgan fingerprint density at radius 3 is 2.29 bits per heavy atom. The van der Waals surface area contributed by atoms with Gasteiger partial charge in [0, 0.05) is 32.7 Å². The van der Waals surface area contributed by atoms with Gasteiger partial charge in [-0.25, -0.2) is 19.1 Å². The van der Waals surface area contributed by atoms with Crippen LogP contribution in [0.3, 0.4) is 0 Å². The van der Waals surface area contributed by atoms with Crippen LogP contribution in [0.5, 0.6) is 0 Å². The zero-order valence-electron chi connectivity index (χ0n) is 4.30. The fraction of sp³-hybridized carbons (Fsp3) is 0.167. The number of allylic oxidation sites excluding steroid dienone is 3. The molecule has 1 radical (unpaired) electrons. The molecule has 0 spiro atoms. The maximum absolute atomic E-state index is 5.01. The minimum Gasteiger partial charge on any atom is -0.519 e. The number of rotatable bonds is 2. The molecule has 37 valence electrons. The first-order valence-electron chi connectivity index (χ1n) is 1.89. The van der Waals surface area contributed by atoms with Gasteiger partial charge >= 0.3 is 0 Å². The van der Waals surface area contributed by atoms with E-state index in [9.17, 15) is 0 Å². The third kappa shape index (κ3) is 10.7. The monoisotopic (exact) mass is 169 g/mol. The first-order valence-corrected chi connectivity index (χ1v) is 1.89. The Kier molecular flexibility index (Phi) is 14.4. The van der Waals surface area contributed by atoms with Crippen molar-refractivity contribution in [3.63, 3.8) is 0 Å². The quantitative estimate of drug-likeness (QED) is 0.552. The van der Waals surface area contributed by atoms with Crippen LogP contribution in [0.25, 0.3) is 0 Å². The molecule has 0 nitrogen and oxygen atoms in total. The van der Waals surface area contributed by atoms with Crippen molar-refractivity contribution in [2.75, 3.05) is 0 Å². The Hall–Kier alpha value is 0.454. The van der Waals surface area contributed by atoms with Crippen LogP contribution < -0.4 is 0 Å². The smallest absolute Gasteiger partial charge is 0 e. The molecule has 0 amide bonds. The molecule has 0 aromatic heterocycles. The summed E-state index contributed by atoms with van der Waals surface area (Å²) in [4.78, 5) is 0. The zero-order valence-corrected chi connectivity index (χ0v) is 7.14. The largest absolute Gasteiger partial charge is 0.519 e. The van der Waals surface area contributed by atoms with E-state index in [4.69, 9.17) is 6.58 Å². The first kappa shape index (κ1) is 10.4. The van der Waals surface area contributed by atoms with Crippen molar-refractivity contribution in [2.24, 2.45) is 0 Å². The molecule has 0 saturated heterocycles. The van der Waals surface area contributed by atoms with Gasteiger partial charge < -0.3 is 6.58 Å². The summed E-state index contributed by atoms with van der Waals surface area (Å²) in [5, 5.41) is 0. The summed E-state index contributed by atoms with van der Waals surface area (Å²) in [5.41, 5.74) is 0. The van der Waals surface area contributed by atoms with Gasteiger partial charge in [0.2, 0.25) is 0 Å². The molecule has 0 saturated carbocycles. The second-order valence-electron chi connectivity index (χ2n) is 0.943. The van der Waals surface area contributed by atoms with Crippen LogP contribution in [0, 0.1) is 13.5 Å². The molecule has 0 aliphatic heterocycles. The molecule has 7 heavy (non-hydrogen) atoms. The van der Waals surface area contributed by atoms with Gasteiger partial charge in [-0.3, -0.25) is 6.08 Å². The molecular weight excluding hydrogens is 161 g/mol. The molecule has 0 fully saturated rings. The summed E-state index contributed by atoms with van der Waals surface area (Å²) >= 11 is 0. The van der Waals surface area contributed by atoms with E-state index in [2.05, 4.69) is 6.92 Å². The van der Waals surface area contributed by atoms with Crippen molar-refractivity contribution in [3.8, 4) is 0 Å². The van der Waals surface area contributed by atoms with Crippen molar-refractivity contribution in [1.82, 2.24) is 0 Å². The van der Waals surface area contributed by atoms with Crippen LogP contribution in [0.2, 0.25) is 0 Å². The van der Waals surface area contributed by atoms with Gasteiger partial charge in [0.1, 0.15) is 0 Å². The summed E-state index contributed by atoms with van der Waals surface area (Å²) in [6, 6.07) is 0. The predicted molar refractivity (Wildman–Crippen MR) is 28.0 cm³/mol. The topological polar surface area (TPSA) is 0 Å². The van der Waals surface area contributed by atoms with Gasteiger partial charge in [-0.05, 0) is 0 Å². The molecule has 0 atom stereocenters. The average molecular weight is 169 g/mol. The van der Waals surface area contributed by atoms with E-state index in [1.165, 1.54) is 0 Å². The van der Waals surface area contributed by atoms with E-state index in [-0.39, 0.29) is 32.7 Å². The van der Waals surface area contributed by atoms with Gasteiger partial charge in [0.15, 0.2) is 0 Å². The van der Waals surface area contributed by atoms with Crippen molar-refractivity contribution < 1.29 is 32.7 Å². The maximum Gasteiger partial charge on any atom is 0 e. The SMILES string of the molecule is [CH-]=CC/C=C\[CH2-].[Y]. The Labute approximate surface area is 70.6 Å². The summed E-state index contributed by atoms with van der Waals surface area (Å²) in [6.45, 7) is 8.48. The van der Waals surface area contributed by atoms with E-state index in [1.54, 1.807) is 12.2 Å². The van der Waals surface area contributed by atoms with Crippen molar-refractivity contribution in [1.29, 1.82) is 0 Å². The fourth-order valence-electron chi connectivity index (χ4n) is 0.175. The molecule has 0 aromatic rings. The first-order chi connectivity index (χ1) is 2.91. The molecule has 0 aromatic carbocycles. The third-order valence-corrected chi connectivity index (χ3v) is 0.439. The van der Waals surface area contributed by atoms with Gasteiger partial charge in [-0.15, -0.1) is 6.42 Å². The normalized spacial score (nSPS) is 8.00. The van der Waals surface area contributed by atoms with Crippen LogP contribution in [-0.4, -0.2) is 0 Å². The van der Waals surface area contributed by atoms with Crippen LogP contribution in [-0.2, 0) is 32.7 Å². The Balaban J connectivity index is 0. The van der Waals surface area contributed by atoms with Gasteiger partial charge in [-0.2, -0.15) is 0 Å². The standard InChI is InChI=1S/C6H8.Y/c1-3-5-6-4-2;/h1,3-4,6H,2,5H2;/q-2;/b6-4-;. The predicted octanol–water partition coefficient (Wildman–Crippen LogP) is 1.75.